The third-order valence-corrected chi connectivity index (χ3v) is 3.26. The molecule has 1 N–H and O–H groups in total. The van der Waals surface area contributed by atoms with Crippen molar-refractivity contribution < 1.29 is 4.79 Å². The molecule has 0 amide bonds. The fraction of sp³-hybridized carbons (Fsp3) is 0.333. The number of Topliss-reactive ketones (excluding diaryl/α,β-unsaturated/α-hetero) is 1. The molecule has 1 atom stereocenters. The summed E-state index contributed by atoms with van der Waals surface area (Å²) in [5, 5.41) is 9.88. The second-order valence-corrected chi connectivity index (χ2v) is 4.60. The van der Waals surface area contributed by atoms with Crippen LogP contribution in [0.25, 0.3) is 10.9 Å². The van der Waals surface area contributed by atoms with Gasteiger partial charge in [0.25, 0.3) is 0 Å². The molecule has 2 aromatic rings. The molecule has 1 aromatic heterocycles. The molecule has 0 aliphatic rings. The number of nitrogens with zero attached hydrogens (tertiary/aromatic N) is 1. The van der Waals surface area contributed by atoms with Crippen molar-refractivity contribution in [1.82, 2.24) is 4.98 Å². The van der Waals surface area contributed by atoms with E-state index in [0.29, 0.717) is 11.1 Å². The fourth-order valence-corrected chi connectivity index (χ4v) is 2.30. The summed E-state index contributed by atoms with van der Waals surface area (Å²) in [6, 6.07) is 7.60. The van der Waals surface area contributed by atoms with E-state index in [2.05, 4.69) is 18.0 Å². The molecule has 0 aliphatic carbocycles. The maximum absolute atomic E-state index is 12.3. The Balaban J connectivity index is 2.52. The number of fused-ring (bicyclic) bond motifs is 1. The third kappa shape index (κ3) is 2.02. The largest absolute Gasteiger partial charge is 0.360 e. The maximum atomic E-state index is 12.3. The van der Waals surface area contributed by atoms with Crippen LogP contribution < -0.4 is 0 Å². The van der Waals surface area contributed by atoms with Crippen LogP contribution in [0.5, 0.6) is 0 Å². The Bertz CT molecular complexity index is 619. The minimum atomic E-state index is 0.000693. The summed E-state index contributed by atoms with van der Waals surface area (Å²) in [6.07, 6.45) is 3.58. The second kappa shape index (κ2) is 5.05. The highest BCUT2D eigenvalue weighted by atomic mass is 16.1. The molecule has 1 heterocycles. The van der Waals surface area contributed by atoms with Crippen LogP contribution in [0, 0.1) is 17.2 Å². The predicted octanol–water partition coefficient (Wildman–Crippen LogP) is 3.66. The number of hydrogen-bond acceptors (Lipinski definition) is 2. The number of rotatable bonds is 4. The number of carbonyl (C=O) groups excluding carboxylic acids is 1. The average Bonchev–Trinajstić information content (AvgIpc) is 2.81. The summed E-state index contributed by atoms with van der Waals surface area (Å²) >= 11 is 0. The SMILES string of the molecule is CCCC(C)C(=O)c1c[nH]c2cccc(C#N)c12. The van der Waals surface area contributed by atoms with Gasteiger partial charge in [-0.2, -0.15) is 5.26 Å². The molecule has 2 rings (SSSR count). The number of benzene rings is 1. The van der Waals surface area contributed by atoms with Gasteiger partial charge >= 0.3 is 0 Å². The smallest absolute Gasteiger partial charge is 0.167 e. The molecule has 92 valence electrons. The van der Waals surface area contributed by atoms with E-state index in [1.165, 1.54) is 0 Å². The van der Waals surface area contributed by atoms with Gasteiger partial charge in [-0.25, -0.2) is 0 Å². The van der Waals surface area contributed by atoms with E-state index in [4.69, 9.17) is 5.26 Å². The minimum absolute atomic E-state index is 0.000693. The number of nitrogens with one attached hydrogen (secondary N) is 1. The Labute approximate surface area is 106 Å². The second-order valence-electron chi connectivity index (χ2n) is 4.60. The van der Waals surface area contributed by atoms with Gasteiger partial charge in [0.05, 0.1) is 11.6 Å². The zero-order valence-electron chi connectivity index (χ0n) is 10.7. The van der Waals surface area contributed by atoms with E-state index in [1.807, 2.05) is 19.1 Å². The number of ketones is 1. The highest BCUT2D eigenvalue weighted by Gasteiger charge is 2.19. The van der Waals surface area contributed by atoms with Gasteiger partial charge in [0.1, 0.15) is 0 Å². The first-order valence-electron chi connectivity index (χ1n) is 6.23. The lowest BCUT2D eigenvalue weighted by Gasteiger charge is -2.08. The predicted molar refractivity (Wildman–Crippen MR) is 71.4 cm³/mol. The Hall–Kier alpha value is -2.08. The first kappa shape index (κ1) is 12.4. The van der Waals surface area contributed by atoms with Crippen molar-refractivity contribution >= 4 is 16.7 Å². The van der Waals surface area contributed by atoms with Crippen molar-refractivity contribution in [3.05, 3.63) is 35.5 Å². The van der Waals surface area contributed by atoms with Gasteiger partial charge in [0.2, 0.25) is 0 Å². The molecule has 0 saturated carbocycles. The quantitative estimate of drug-likeness (QED) is 0.829. The maximum Gasteiger partial charge on any atom is 0.167 e. The molecule has 3 heteroatoms. The van der Waals surface area contributed by atoms with Gasteiger partial charge < -0.3 is 4.98 Å². The molecule has 0 fully saturated rings. The number of aromatic amines is 1. The molecular formula is C15H16N2O. The molecule has 18 heavy (non-hydrogen) atoms. The van der Waals surface area contributed by atoms with E-state index in [-0.39, 0.29) is 11.7 Å². The number of carbonyl (C=O) groups is 1. The number of nitriles is 1. The van der Waals surface area contributed by atoms with Crippen molar-refractivity contribution in [3.8, 4) is 6.07 Å². The molecule has 0 radical (unpaired) electrons. The minimum Gasteiger partial charge on any atom is -0.360 e. The number of aromatic nitrogens is 1. The lowest BCUT2D eigenvalue weighted by atomic mass is 9.94. The van der Waals surface area contributed by atoms with Crippen LogP contribution in [-0.2, 0) is 0 Å². The summed E-state index contributed by atoms with van der Waals surface area (Å²) in [5.41, 5.74) is 2.05. The summed E-state index contributed by atoms with van der Waals surface area (Å²) in [7, 11) is 0. The van der Waals surface area contributed by atoms with Crippen LogP contribution in [0.2, 0.25) is 0 Å². The van der Waals surface area contributed by atoms with Crippen molar-refractivity contribution in [1.29, 1.82) is 5.26 Å². The Morgan fingerprint density at radius 3 is 2.94 bits per heavy atom. The van der Waals surface area contributed by atoms with Crippen molar-refractivity contribution in [2.45, 2.75) is 26.7 Å². The van der Waals surface area contributed by atoms with Crippen molar-refractivity contribution in [3.63, 3.8) is 0 Å². The summed E-state index contributed by atoms with van der Waals surface area (Å²) in [6.45, 7) is 4.01. The molecule has 0 aliphatic heterocycles. The molecule has 1 aromatic carbocycles. The molecule has 0 saturated heterocycles. The number of hydrogen-bond donors (Lipinski definition) is 1. The van der Waals surface area contributed by atoms with E-state index in [1.54, 1.807) is 12.3 Å². The topological polar surface area (TPSA) is 56.6 Å². The van der Waals surface area contributed by atoms with E-state index >= 15 is 0 Å². The van der Waals surface area contributed by atoms with E-state index in [9.17, 15) is 4.79 Å². The summed E-state index contributed by atoms with van der Waals surface area (Å²) in [5.74, 6) is 0.117. The summed E-state index contributed by atoms with van der Waals surface area (Å²) < 4.78 is 0. The molecule has 3 nitrogen and oxygen atoms in total. The van der Waals surface area contributed by atoms with Crippen LogP contribution in [0.15, 0.2) is 24.4 Å². The lowest BCUT2D eigenvalue weighted by molar-refractivity contribution is 0.0925. The fourth-order valence-electron chi connectivity index (χ4n) is 2.30. The zero-order chi connectivity index (χ0) is 13.1. The Kier molecular flexibility index (Phi) is 3.47. The van der Waals surface area contributed by atoms with Gasteiger partial charge in [-0.15, -0.1) is 0 Å². The van der Waals surface area contributed by atoms with Gasteiger partial charge in [-0.1, -0.05) is 26.3 Å². The third-order valence-electron chi connectivity index (χ3n) is 3.26. The highest BCUT2D eigenvalue weighted by Crippen LogP contribution is 2.25. The normalized spacial score (nSPS) is 12.3. The lowest BCUT2D eigenvalue weighted by Crippen LogP contribution is -2.10. The van der Waals surface area contributed by atoms with Crippen molar-refractivity contribution in [2.24, 2.45) is 5.92 Å². The van der Waals surface area contributed by atoms with E-state index in [0.717, 1.165) is 23.7 Å². The standard InChI is InChI=1S/C15H16N2O/c1-3-5-10(2)15(18)12-9-17-13-7-4-6-11(8-16)14(12)13/h4,6-7,9-10,17H,3,5H2,1-2H3. The first-order valence-corrected chi connectivity index (χ1v) is 6.23. The molecule has 0 spiro atoms. The Morgan fingerprint density at radius 1 is 1.50 bits per heavy atom. The van der Waals surface area contributed by atoms with Crippen molar-refractivity contribution in [2.75, 3.05) is 0 Å². The zero-order valence-corrected chi connectivity index (χ0v) is 10.7. The van der Waals surface area contributed by atoms with Crippen LogP contribution in [0.1, 0.15) is 42.6 Å². The highest BCUT2D eigenvalue weighted by molar-refractivity contribution is 6.10. The number of H-pyrrole nitrogens is 1. The Morgan fingerprint density at radius 2 is 2.28 bits per heavy atom. The van der Waals surface area contributed by atoms with Gasteiger partial charge in [-0.3, -0.25) is 4.79 Å². The van der Waals surface area contributed by atoms with Crippen LogP contribution in [0.3, 0.4) is 0 Å². The average molecular weight is 240 g/mol. The monoisotopic (exact) mass is 240 g/mol. The van der Waals surface area contributed by atoms with Gasteiger partial charge in [0.15, 0.2) is 5.78 Å². The van der Waals surface area contributed by atoms with Gasteiger partial charge in [0, 0.05) is 28.6 Å². The van der Waals surface area contributed by atoms with Crippen LogP contribution in [-0.4, -0.2) is 10.8 Å². The summed E-state index contributed by atoms with van der Waals surface area (Å²) in [4.78, 5) is 15.4. The van der Waals surface area contributed by atoms with Crippen LogP contribution >= 0.6 is 0 Å². The first-order chi connectivity index (χ1) is 8.69. The molecular weight excluding hydrogens is 224 g/mol. The molecule has 0 bridgehead atoms. The molecule has 1 unspecified atom stereocenters. The van der Waals surface area contributed by atoms with Crippen LogP contribution in [0.4, 0.5) is 0 Å². The van der Waals surface area contributed by atoms with E-state index < -0.39 is 0 Å². The van der Waals surface area contributed by atoms with Gasteiger partial charge in [-0.05, 0) is 18.6 Å².